The van der Waals surface area contributed by atoms with E-state index in [4.69, 9.17) is 0 Å². The van der Waals surface area contributed by atoms with E-state index >= 15 is 0 Å². The number of sulfone groups is 1. The fraction of sp³-hybridized carbons (Fsp3) is 0.167. The average molecular weight is 327 g/mol. The molecule has 0 fully saturated rings. The number of hydrogen-bond acceptors (Lipinski definition) is 3. The van der Waals surface area contributed by atoms with Crippen LogP contribution in [0.3, 0.4) is 0 Å². The Morgan fingerprint density at radius 1 is 1.09 bits per heavy atom. The molecule has 0 spiro atoms. The summed E-state index contributed by atoms with van der Waals surface area (Å²) in [5.74, 6) is -0.286. The van der Waals surface area contributed by atoms with E-state index in [2.05, 4.69) is 0 Å². The Morgan fingerprint density at radius 2 is 1.83 bits per heavy atom. The van der Waals surface area contributed by atoms with Gasteiger partial charge in [0, 0.05) is 16.7 Å². The Labute approximate surface area is 136 Å². The molecule has 0 saturated heterocycles. The van der Waals surface area contributed by atoms with Crippen LogP contribution in [0, 0.1) is 6.92 Å². The zero-order chi connectivity index (χ0) is 16.4. The molecule has 0 unspecified atom stereocenters. The summed E-state index contributed by atoms with van der Waals surface area (Å²) in [6, 6.07) is 16.0. The largest absolute Gasteiger partial charge is 0.300 e. The minimum absolute atomic E-state index is 0.0839. The van der Waals surface area contributed by atoms with Crippen LogP contribution in [0.4, 0.5) is 5.69 Å². The molecule has 1 amide bonds. The summed E-state index contributed by atoms with van der Waals surface area (Å²) in [5.41, 5.74) is 2.22. The lowest BCUT2D eigenvalue weighted by atomic mass is 10.1. The van der Waals surface area contributed by atoms with Crippen molar-refractivity contribution in [1.29, 1.82) is 0 Å². The van der Waals surface area contributed by atoms with Gasteiger partial charge in [-0.05, 0) is 37.3 Å². The molecule has 118 valence electrons. The molecule has 2 aromatic rings. The Kier molecular flexibility index (Phi) is 4.05. The second-order valence-electron chi connectivity index (χ2n) is 5.61. The number of nitrogens with zero attached hydrogens (tertiary/aromatic N) is 1. The minimum Gasteiger partial charge on any atom is -0.300 e. The third kappa shape index (κ3) is 3.35. The summed E-state index contributed by atoms with van der Waals surface area (Å²) in [6.07, 6.45) is 1.58. The minimum atomic E-state index is -3.25. The Bertz CT molecular complexity index is 857. The monoisotopic (exact) mass is 327 g/mol. The van der Waals surface area contributed by atoms with Crippen molar-refractivity contribution in [2.45, 2.75) is 13.0 Å². The Morgan fingerprint density at radius 3 is 2.43 bits per heavy atom. The highest BCUT2D eigenvalue weighted by molar-refractivity contribution is 7.94. The van der Waals surface area contributed by atoms with Gasteiger partial charge in [-0.15, -0.1) is 0 Å². The third-order valence-corrected chi connectivity index (χ3v) is 5.14. The molecule has 0 aromatic heterocycles. The van der Waals surface area contributed by atoms with Gasteiger partial charge in [-0.3, -0.25) is 4.79 Å². The van der Waals surface area contributed by atoms with Crippen LogP contribution in [-0.4, -0.2) is 26.1 Å². The maximum atomic E-state index is 13.0. The summed E-state index contributed by atoms with van der Waals surface area (Å²) in [5, 5.41) is 1.19. The molecule has 2 aromatic carbocycles. The van der Waals surface area contributed by atoms with Crippen LogP contribution in [0.5, 0.6) is 0 Å². The van der Waals surface area contributed by atoms with Gasteiger partial charge >= 0.3 is 0 Å². The number of rotatable bonds is 3. The average Bonchev–Trinajstić information content (AvgIpc) is 2.88. The van der Waals surface area contributed by atoms with Gasteiger partial charge < -0.3 is 4.90 Å². The van der Waals surface area contributed by atoms with Crippen molar-refractivity contribution in [2.75, 3.05) is 10.7 Å². The van der Waals surface area contributed by atoms with E-state index in [1.807, 2.05) is 55.5 Å². The van der Waals surface area contributed by atoms with Crippen LogP contribution in [0.25, 0.3) is 0 Å². The standard InChI is InChI=1S/C18H17NO3S/c1-14-6-5-7-15(12-14)18(20)19(16-8-3-2-4-9-16)17-10-11-23(21,22)13-17/h2-12,17H,13H2,1H3/t17-/m1/s1. The Balaban J connectivity index is 2.02. The molecular weight excluding hydrogens is 310 g/mol. The zero-order valence-electron chi connectivity index (χ0n) is 12.7. The normalized spacial score (nSPS) is 18.7. The summed E-state index contributed by atoms with van der Waals surface area (Å²) in [6.45, 7) is 1.92. The maximum Gasteiger partial charge on any atom is 0.258 e. The van der Waals surface area contributed by atoms with Gasteiger partial charge in [0.05, 0.1) is 11.8 Å². The first-order valence-corrected chi connectivity index (χ1v) is 9.04. The molecule has 1 atom stereocenters. The molecule has 1 heterocycles. The van der Waals surface area contributed by atoms with E-state index in [0.717, 1.165) is 5.56 Å². The molecule has 4 nitrogen and oxygen atoms in total. The molecule has 3 rings (SSSR count). The molecule has 0 aliphatic carbocycles. The molecule has 23 heavy (non-hydrogen) atoms. The molecular formula is C18H17NO3S. The van der Waals surface area contributed by atoms with Crippen molar-refractivity contribution in [2.24, 2.45) is 0 Å². The van der Waals surface area contributed by atoms with E-state index in [1.165, 1.54) is 5.41 Å². The first-order valence-electron chi connectivity index (χ1n) is 7.32. The smallest absolute Gasteiger partial charge is 0.258 e. The van der Waals surface area contributed by atoms with Gasteiger partial charge in [-0.2, -0.15) is 0 Å². The topological polar surface area (TPSA) is 54.5 Å². The number of hydrogen-bond donors (Lipinski definition) is 0. The van der Waals surface area contributed by atoms with Crippen LogP contribution in [0.2, 0.25) is 0 Å². The summed E-state index contributed by atoms with van der Waals surface area (Å²) in [7, 11) is -3.25. The second kappa shape index (κ2) is 6.01. The number of anilines is 1. The van der Waals surface area contributed by atoms with Gasteiger partial charge in [0.2, 0.25) is 0 Å². The van der Waals surface area contributed by atoms with Gasteiger partial charge in [0.15, 0.2) is 9.84 Å². The van der Waals surface area contributed by atoms with Crippen LogP contribution in [0.15, 0.2) is 66.1 Å². The number of aryl methyl sites for hydroxylation is 1. The van der Waals surface area contributed by atoms with E-state index in [1.54, 1.807) is 17.0 Å². The highest BCUT2D eigenvalue weighted by Crippen LogP contribution is 2.25. The van der Waals surface area contributed by atoms with Gasteiger partial charge in [0.1, 0.15) is 0 Å². The molecule has 5 heteroatoms. The number of carbonyl (C=O) groups excluding carboxylic acids is 1. The maximum absolute atomic E-state index is 13.0. The number of benzene rings is 2. The Hall–Kier alpha value is -2.40. The van der Waals surface area contributed by atoms with Crippen molar-refractivity contribution < 1.29 is 13.2 Å². The fourth-order valence-corrected chi connectivity index (χ4v) is 3.95. The molecule has 1 aliphatic rings. The molecule has 0 saturated carbocycles. The fourth-order valence-electron chi connectivity index (χ4n) is 2.69. The van der Waals surface area contributed by atoms with Crippen molar-refractivity contribution in [3.05, 3.63) is 77.2 Å². The van der Waals surface area contributed by atoms with Crippen molar-refractivity contribution in [3.8, 4) is 0 Å². The van der Waals surface area contributed by atoms with E-state index in [9.17, 15) is 13.2 Å². The molecule has 0 radical (unpaired) electrons. The van der Waals surface area contributed by atoms with Crippen molar-refractivity contribution >= 4 is 21.4 Å². The van der Waals surface area contributed by atoms with Gasteiger partial charge in [-0.1, -0.05) is 35.9 Å². The highest BCUT2D eigenvalue weighted by Gasteiger charge is 2.31. The molecule has 1 aliphatic heterocycles. The molecule has 0 bridgehead atoms. The second-order valence-corrected chi connectivity index (χ2v) is 7.54. The molecule has 0 N–H and O–H groups in total. The van der Waals surface area contributed by atoms with Crippen LogP contribution in [-0.2, 0) is 9.84 Å². The first-order chi connectivity index (χ1) is 11.0. The third-order valence-electron chi connectivity index (χ3n) is 3.76. The predicted octanol–water partition coefficient (Wildman–Crippen LogP) is 2.95. The number of amides is 1. The van der Waals surface area contributed by atoms with Crippen LogP contribution < -0.4 is 4.90 Å². The summed E-state index contributed by atoms with van der Waals surface area (Å²) < 4.78 is 23.5. The van der Waals surface area contributed by atoms with E-state index in [-0.39, 0.29) is 11.7 Å². The number of carbonyl (C=O) groups is 1. The lowest BCUT2D eigenvalue weighted by Gasteiger charge is -2.28. The van der Waals surface area contributed by atoms with Crippen LogP contribution in [0.1, 0.15) is 15.9 Å². The summed E-state index contributed by atoms with van der Waals surface area (Å²) in [4.78, 5) is 14.5. The van der Waals surface area contributed by atoms with Crippen molar-refractivity contribution in [3.63, 3.8) is 0 Å². The highest BCUT2D eigenvalue weighted by atomic mass is 32.2. The first kappa shape index (κ1) is 15.5. The predicted molar refractivity (Wildman–Crippen MR) is 91.1 cm³/mol. The van der Waals surface area contributed by atoms with Crippen LogP contribution >= 0.6 is 0 Å². The van der Waals surface area contributed by atoms with Crippen molar-refractivity contribution in [1.82, 2.24) is 0 Å². The lowest BCUT2D eigenvalue weighted by molar-refractivity contribution is 0.0983. The number of para-hydroxylation sites is 1. The van der Waals surface area contributed by atoms with E-state index in [0.29, 0.717) is 11.3 Å². The quantitative estimate of drug-likeness (QED) is 0.871. The SMILES string of the molecule is Cc1cccc(C(=O)N(c2ccccc2)[C@@H]2C=CS(=O)(=O)C2)c1. The van der Waals surface area contributed by atoms with Gasteiger partial charge in [0.25, 0.3) is 5.91 Å². The van der Waals surface area contributed by atoms with E-state index < -0.39 is 15.9 Å². The van der Waals surface area contributed by atoms with Gasteiger partial charge in [-0.25, -0.2) is 8.42 Å². The summed E-state index contributed by atoms with van der Waals surface area (Å²) >= 11 is 0. The lowest BCUT2D eigenvalue weighted by Crippen LogP contribution is -2.41. The zero-order valence-corrected chi connectivity index (χ0v) is 13.5.